The van der Waals surface area contributed by atoms with Crippen molar-refractivity contribution in [1.82, 2.24) is 14.6 Å². The lowest BCUT2D eigenvalue weighted by Gasteiger charge is -2.21. The molecule has 2 aromatic heterocycles. The second-order valence-corrected chi connectivity index (χ2v) is 7.78. The molecule has 1 unspecified atom stereocenters. The smallest absolute Gasteiger partial charge is 0.267 e. The van der Waals surface area contributed by atoms with Crippen molar-refractivity contribution in [3.63, 3.8) is 0 Å². The molecule has 1 aliphatic carbocycles. The van der Waals surface area contributed by atoms with Gasteiger partial charge in [-0.3, -0.25) is 4.79 Å². The average molecular weight is 447 g/mol. The quantitative estimate of drug-likeness (QED) is 0.484. The van der Waals surface area contributed by atoms with Crippen LogP contribution < -0.4 is 5.56 Å². The number of nitrogens with zero attached hydrogens (tertiary/aromatic N) is 3. The van der Waals surface area contributed by atoms with Crippen molar-refractivity contribution in [2.75, 3.05) is 0 Å². The maximum absolute atomic E-state index is 14.6. The van der Waals surface area contributed by atoms with Gasteiger partial charge in [-0.2, -0.15) is 22.8 Å². The van der Waals surface area contributed by atoms with E-state index in [-0.39, 0.29) is 23.3 Å². The number of aromatic nitrogens is 3. The molecule has 0 saturated heterocycles. The van der Waals surface area contributed by atoms with Crippen LogP contribution in [0.3, 0.4) is 0 Å². The lowest BCUT2D eigenvalue weighted by molar-refractivity contribution is -0.137. The van der Waals surface area contributed by atoms with E-state index in [0.717, 1.165) is 22.7 Å². The van der Waals surface area contributed by atoms with Crippen molar-refractivity contribution in [2.45, 2.75) is 38.5 Å². The lowest BCUT2D eigenvalue weighted by atomic mass is 9.90. The molecule has 1 aromatic carbocycles. The van der Waals surface area contributed by atoms with Gasteiger partial charge in [0, 0.05) is 29.2 Å². The van der Waals surface area contributed by atoms with Crippen LogP contribution in [0.1, 0.15) is 37.1 Å². The van der Waals surface area contributed by atoms with Crippen LogP contribution in [0, 0.1) is 0 Å². The van der Waals surface area contributed by atoms with Gasteiger partial charge in [0.05, 0.1) is 17.0 Å². The minimum absolute atomic E-state index is 0.0179. The lowest BCUT2D eigenvalue weighted by Crippen LogP contribution is -2.20. The molecule has 32 heavy (non-hydrogen) atoms. The summed E-state index contributed by atoms with van der Waals surface area (Å²) in [5.41, 5.74) is -1.59. The first kappa shape index (κ1) is 21.9. The Hall–Kier alpha value is -3.36. The van der Waals surface area contributed by atoms with Crippen LogP contribution in [0.2, 0.25) is 0 Å². The Kier molecular flexibility index (Phi) is 5.22. The Bertz CT molecular complexity index is 1320. The summed E-state index contributed by atoms with van der Waals surface area (Å²) in [5, 5.41) is 4.28. The van der Waals surface area contributed by atoms with Crippen molar-refractivity contribution < 1.29 is 22.0 Å². The van der Waals surface area contributed by atoms with Crippen LogP contribution in [-0.2, 0) is 12.6 Å². The summed E-state index contributed by atoms with van der Waals surface area (Å²) in [6.45, 7) is 3.06. The van der Waals surface area contributed by atoms with Crippen molar-refractivity contribution in [3.05, 3.63) is 81.6 Å². The molecule has 2 heterocycles. The third-order valence-corrected chi connectivity index (χ3v) is 5.25. The van der Waals surface area contributed by atoms with E-state index in [0.29, 0.717) is 23.2 Å². The SMILES string of the molecule is CCc1nn2c(=O)cc(-c3ccc(C(F)(F)F)cc3)nc2cc1C1=CCC(C)(F)C=C1F. The molecule has 0 saturated carbocycles. The predicted octanol–water partition coefficient (Wildman–Crippen LogP) is 5.71. The van der Waals surface area contributed by atoms with Crippen LogP contribution in [0.4, 0.5) is 22.0 Å². The first-order chi connectivity index (χ1) is 15.0. The van der Waals surface area contributed by atoms with Crippen LogP contribution >= 0.6 is 0 Å². The fourth-order valence-corrected chi connectivity index (χ4v) is 3.59. The maximum atomic E-state index is 14.6. The van der Waals surface area contributed by atoms with Crippen molar-refractivity contribution in [1.29, 1.82) is 0 Å². The number of alkyl halides is 4. The van der Waals surface area contributed by atoms with Gasteiger partial charge in [-0.1, -0.05) is 25.1 Å². The van der Waals surface area contributed by atoms with Crippen molar-refractivity contribution in [3.8, 4) is 11.3 Å². The summed E-state index contributed by atoms with van der Waals surface area (Å²) >= 11 is 0. The zero-order valence-electron chi connectivity index (χ0n) is 17.2. The fourth-order valence-electron chi connectivity index (χ4n) is 3.59. The highest BCUT2D eigenvalue weighted by Gasteiger charge is 2.30. The highest BCUT2D eigenvalue weighted by molar-refractivity contribution is 5.81. The molecule has 3 aromatic rings. The van der Waals surface area contributed by atoms with Gasteiger partial charge in [0.25, 0.3) is 5.56 Å². The van der Waals surface area contributed by atoms with E-state index in [1.807, 2.05) is 0 Å². The number of halogens is 5. The molecule has 1 atom stereocenters. The molecular formula is C23H18F5N3O. The van der Waals surface area contributed by atoms with Crippen LogP contribution in [0.25, 0.3) is 22.5 Å². The monoisotopic (exact) mass is 447 g/mol. The van der Waals surface area contributed by atoms with Gasteiger partial charge >= 0.3 is 6.18 Å². The zero-order valence-corrected chi connectivity index (χ0v) is 17.2. The highest BCUT2D eigenvalue weighted by atomic mass is 19.4. The van der Waals surface area contributed by atoms with Gasteiger partial charge < -0.3 is 0 Å². The summed E-state index contributed by atoms with van der Waals surface area (Å²) in [7, 11) is 0. The van der Waals surface area contributed by atoms with Gasteiger partial charge in [-0.25, -0.2) is 13.8 Å². The predicted molar refractivity (Wildman–Crippen MR) is 110 cm³/mol. The minimum atomic E-state index is -4.48. The second kappa shape index (κ2) is 7.65. The molecular weight excluding hydrogens is 429 g/mol. The van der Waals surface area contributed by atoms with Crippen LogP contribution in [0.15, 0.2) is 59.2 Å². The molecule has 9 heteroatoms. The third kappa shape index (κ3) is 4.06. The Labute approximate surface area is 179 Å². The minimum Gasteiger partial charge on any atom is -0.267 e. The highest BCUT2D eigenvalue weighted by Crippen LogP contribution is 2.36. The summed E-state index contributed by atoms with van der Waals surface area (Å²) in [6, 6.07) is 6.93. The molecule has 0 amide bonds. The summed E-state index contributed by atoms with van der Waals surface area (Å²) in [5.74, 6) is -0.733. The van der Waals surface area contributed by atoms with E-state index < -0.39 is 28.8 Å². The molecule has 4 rings (SSSR count). The number of rotatable bonds is 3. The van der Waals surface area contributed by atoms with Gasteiger partial charge in [-0.15, -0.1) is 0 Å². The number of aryl methyl sites for hydroxylation is 1. The second-order valence-electron chi connectivity index (χ2n) is 7.78. The number of fused-ring (bicyclic) bond motifs is 1. The van der Waals surface area contributed by atoms with E-state index in [1.165, 1.54) is 37.3 Å². The zero-order chi connectivity index (χ0) is 23.3. The normalized spacial score (nSPS) is 19.1. The molecule has 0 spiro atoms. The van der Waals surface area contributed by atoms with Gasteiger partial charge in [-0.05, 0) is 37.6 Å². The maximum Gasteiger partial charge on any atom is 0.416 e. The fraction of sp³-hybridized carbons (Fsp3) is 0.261. The summed E-state index contributed by atoms with van der Waals surface area (Å²) in [4.78, 5) is 17.0. The third-order valence-electron chi connectivity index (χ3n) is 5.25. The molecule has 166 valence electrons. The molecule has 0 N–H and O–H groups in total. The molecule has 0 bridgehead atoms. The summed E-state index contributed by atoms with van der Waals surface area (Å²) in [6.07, 6.45) is -1.76. The Morgan fingerprint density at radius 3 is 2.44 bits per heavy atom. The van der Waals surface area contributed by atoms with E-state index in [2.05, 4.69) is 10.1 Å². The summed E-state index contributed by atoms with van der Waals surface area (Å²) < 4.78 is 68.3. The van der Waals surface area contributed by atoms with Crippen molar-refractivity contribution >= 4 is 11.2 Å². The van der Waals surface area contributed by atoms with E-state index in [9.17, 15) is 26.7 Å². The van der Waals surface area contributed by atoms with Crippen molar-refractivity contribution in [2.24, 2.45) is 0 Å². The van der Waals surface area contributed by atoms with E-state index in [4.69, 9.17) is 0 Å². The number of benzene rings is 1. The largest absolute Gasteiger partial charge is 0.416 e. The van der Waals surface area contributed by atoms with E-state index >= 15 is 0 Å². The molecule has 4 nitrogen and oxygen atoms in total. The van der Waals surface area contributed by atoms with Gasteiger partial charge in [0.1, 0.15) is 11.5 Å². The van der Waals surface area contributed by atoms with Crippen LogP contribution in [0.5, 0.6) is 0 Å². The first-order valence-electron chi connectivity index (χ1n) is 9.88. The Morgan fingerprint density at radius 2 is 1.84 bits per heavy atom. The van der Waals surface area contributed by atoms with E-state index in [1.54, 1.807) is 6.92 Å². The molecule has 0 radical (unpaired) electrons. The van der Waals surface area contributed by atoms with Gasteiger partial charge in [0.15, 0.2) is 5.65 Å². The number of hydrogen-bond acceptors (Lipinski definition) is 3. The number of allylic oxidation sites excluding steroid dienone is 4. The molecule has 0 aliphatic heterocycles. The Morgan fingerprint density at radius 1 is 1.16 bits per heavy atom. The standard InChI is InChI=1S/C23H18F5N3O/c1-3-18-16(15-8-9-22(2,25)12-17(15)24)10-20-29-19(11-21(32)31(20)30-18)13-4-6-14(7-5-13)23(26,27)28/h4-8,10-12H,3,9H2,1-2H3. The molecule has 1 aliphatic rings. The topological polar surface area (TPSA) is 47.3 Å². The first-order valence-corrected chi connectivity index (χ1v) is 9.88. The average Bonchev–Trinajstić information content (AvgIpc) is 2.72. The molecule has 0 fully saturated rings. The van der Waals surface area contributed by atoms with Crippen LogP contribution in [-0.4, -0.2) is 20.3 Å². The Balaban J connectivity index is 1.84. The van der Waals surface area contributed by atoms with Gasteiger partial charge in [0.2, 0.25) is 0 Å². The number of hydrogen-bond donors (Lipinski definition) is 0.